The average molecular weight is 359 g/mol. The Hall–Kier alpha value is -0.490. The Labute approximate surface area is 142 Å². The summed E-state index contributed by atoms with van der Waals surface area (Å²) in [6.45, 7) is 5.07. The molecule has 1 aromatic carbocycles. The fraction of sp³-hybridized carbons (Fsp3) is 0.600. The molecule has 0 bridgehead atoms. The lowest BCUT2D eigenvalue weighted by Crippen LogP contribution is -2.45. The molecule has 0 unspecified atom stereocenters. The van der Waals surface area contributed by atoms with Crippen molar-refractivity contribution in [3.8, 4) is 0 Å². The van der Waals surface area contributed by atoms with Gasteiger partial charge in [0.05, 0.1) is 0 Å². The van der Waals surface area contributed by atoms with E-state index in [0.29, 0.717) is 6.42 Å². The van der Waals surface area contributed by atoms with Gasteiger partial charge in [-0.2, -0.15) is 0 Å². The fourth-order valence-electron chi connectivity index (χ4n) is 2.75. The van der Waals surface area contributed by atoms with Crippen LogP contribution in [0.15, 0.2) is 12.1 Å². The molecule has 1 saturated heterocycles. The molecule has 0 aliphatic carbocycles. The highest BCUT2D eigenvalue weighted by molar-refractivity contribution is 5.85. The van der Waals surface area contributed by atoms with Crippen LogP contribution in [0, 0.1) is 17.5 Å². The van der Waals surface area contributed by atoms with Crippen molar-refractivity contribution < 1.29 is 13.2 Å². The molecule has 0 saturated carbocycles. The van der Waals surface area contributed by atoms with E-state index in [4.69, 9.17) is 0 Å². The maximum absolute atomic E-state index is 14.0. The first-order valence-corrected chi connectivity index (χ1v) is 7.23. The second-order valence-corrected chi connectivity index (χ2v) is 5.20. The quantitative estimate of drug-likeness (QED) is 0.797. The third-order valence-corrected chi connectivity index (χ3v) is 3.84. The number of benzene rings is 1. The van der Waals surface area contributed by atoms with Gasteiger partial charge in [-0.1, -0.05) is 19.8 Å². The molecule has 2 nitrogen and oxygen atoms in total. The number of piperazine rings is 1. The molecule has 1 aromatic rings. The summed E-state index contributed by atoms with van der Waals surface area (Å²) in [5, 5.41) is 3.21. The molecule has 1 heterocycles. The molecule has 0 amide bonds. The van der Waals surface area contributed by atoms with Crippen molar-refractivity contribution in [2.24, 2.45) is 0 Å². The smallest absolute Gasteiger partial charge is 0.166 e. The monoisotopic (exact) mass is 358 g/mol. The Morgan fingerprint density at radius 3 is 2.27 bits per heavy atom. The highest BCUT2D eigenvalue weighted by Crippen LogP contribution is 2.31. The lowest BCUT2D eigenvalue weighted by atomic mass is 9.97. The van der Waals surface area contributed by atoms with E-state index >= 15 is 0 Å². The van der Waals surface area contributed by atoms with Crippen molar-refractivity contribution in [1.82, 2.24) is 10.2 Å². The highest BCUT2D eigenvalue weighted by Gasteiger charge is 2.28. The molecule has 22 heavy (non-hydrogen) atoms. The van der Waals surface area contributed by atoms with Gasteiger partial charge in [0.15, 0.2) is 11.6 Å². The second kappa shape index (κ2) is 10.3. The number of halogens is 5. The van der Waals surface area contributed by atoms with E-state index in [1.54, 1.807) is 0 Å². The molecule has 7 heteroatoms. The first-order chi connectivity index (χ1) is 9.65. The summed E-state index contributed by atoms with van der Waals surface area (Å²) < 4.78 is 41.5. The Kier molecular flexibility index (Phi) is 10.1. The van der Waals surface area contributed by atoms with E-state index in [1.807, 2.05) is 11.8 Å². The van der Waals surface area contributed by atoms with Crippen LogP contribution in [-0.2, 0) is 0 Å². The standard InChI is InChI=1S/C15H21F3N2.2ClH/c1-2-3-4-13(20-9-7-19-8-10-20)14-11(16)5-6-12(17)15(14)18;;/h5-6,13,19H,2-4,7-10H2,1H3;2*1H/t13-;;/m1../s1. The van der Waals surface area contributed by atoms with Crippen LogP contribution in [0.1, 0.15) is 37.8 Å². The maximum atomic E-state index is 14.0. The van der Waals surface area contributed by atoms with Gasteiger partial charge in [0.25, 0.3) is 0 Å². The average Bonchev–Trinajstić information content (AvgIpc) is 2.47. The maximum Gasteiger partial charge on any atom is 0.166 e. The summed E-state index contributed by atoms with van der Waals surface area (Å²) in [6, 6.07) is 1.49. The predicted molar refractivity (Wildman–Crippen MR) is 87.5 cm³/mol. The Balaban J connectivity index is 0.00000220. The highest BCUT2D eigenvalue weighted by atomic mass is 35.5. The van der Waals surface area contributed by atoms with Crippen molar-refractivity contribution in [2.45, 2.75) is 32.2 Å². The number of hydrogen-bond acceptors (Lipinski definition) is 2. The second-order valence-electron chi connectivity index (χ2n) is 5.20. The van der Waals surface area contributed by atoms with Gasteiger partial charge in [-0.25, -0.2) is 13.2 Å². The Morgan fingerprint density at radius 1 is 1.09 bits per heavy atom. The predicted octanol–water partition coefficient (Wildman–Crippen LogP) is 4.08. The third-order valence-electron chi connectivity index (χ3n) is 3.84. The van der Waals surface area contributed by atoms with Crippen LogP contribution in [0.3, 0.4) is 0 Å². The third kappa shape index (κ3) is 5.01. The number of nitrogens with one attached hydrogen (secondary N) is 1. The van der Waals surface area contributed by atoms with Crippen molar-refractivity contribution in [3.05, 3.63) is 35.1 Å². The zero-order valence-electron chi connectivity index (χ0n) is 12.6. The number of unbranched alkanes of at least 4 members (excludes halogenated alkanes) is 1. The topological polar surface area (TPSA) is 15.3 Å². The van der Waals surface area contributed by atoms with Gasteiger partial charge < -0.3 is 5.32 Å². The Morgan fingerprint density at radius 2 is 1.68 bits per heavy atom. The van der Waals surface area contributed by atoms with Crippen LogP contribution in [0.25, 0.3) is 0 Å². The van der Waals surface area contributed by atoms with E-state index in [2.05, 4.69) is 5.32 Å². The van der Waals surface area contributed by atoms with E-state index in [0.717, 1.165) is 51.2 Å². The van der Waals surface area contributed by atoms with Gasteiger partial charge in [0, 0.05) is 37.8 Å². The van der Waals surface area contributed by atoms with Crippen LogP contribution < -0.4 is 5.32 Å². The summed E-state index contributed by atoms with van der Waals surface area (Å²) in [5.41, 5.74) is -0.111. The van der Waals surface area contributed by atoms with Crippen LogP contribution in [0.4, 0.5) is 13.2 Å². The zero-order valence-corrected chi connectivity index (χ0v) is 14.2. The summed E-state index contributed by atoms with van der Waals surface area (Å²) >= 11 is 0. The summed E-state index contributed by atoms with van der Waals surface area (Å²) in [4.78, 5) is 2.05. The molecule has 1 N–H and O–H groups in total. The van der Waals surface area contributed by atoms with Crippen molar-refractivity contribution >= 4 is 24.8 Å². The van der Waals surface area contributed by atoms with Gasteiger partial charge in [-0.3, -0.25) is 4.90 Å². The summed E-state index contributed by atoms with van der Waals surface area (Å²) in [5.74, 6) is -2.66. The van der Waals surface area contributed by atoms with Gasteiger partial charge in [0.2, 0.25) is 0 Å². The largest absolute Gasteiger partial charge is 0.314 e. The molecule has 0 spiro atoms. The number of hydrogen-bond donors (Lipinski definition) is 1. The van der Waals surface area contributed by atoms with Gasteiger partial charge in [0.1, 0.15) is 5.82 Å². The number of nitrogens with zero attached hydrogens (tertiary/aromatic N) is 1. The van der Waals surface area contributed by atoms with Crippen molar-refractivity contribution in [3.63, 3.8) is 0 Å². The Bertz CT molecular complexity index is 455. The van der Waals surface area contributed by atoms with E-state index < -0.39 is 17.5 Å². The molecule has 1 aliphatic rings. The minimum atomic E-state index is -1.04. The first kappa shape index (κ1) is 21.5. The van der Waals surface area contributed by atoms with Gasteiger partial charge in [-0.05, 0) is 18.6 Å². The molecule has 1 atom stereocenters. The summed E-state index contributed by atoms with van der Waals surface area (Å²) in [7, 11) is 0. The molecule has 128 valence electrons. The van der Waals surface area contributed by atoms with E-state index in [1.165, 1.54) is 0 Å². The normalized spacial score (nSPS) is 16.5. The van der Waals surface area contributed by atoms with E-state index in [-0.39, 0.29) is 36.4 Å². The molecule has 0 radical (unpaired) electrons. The first-order valence-electron chi connectivity index (χ1n) is 7.23. The zero-order chi connectivity index (χ0) is 14.5. The van der Waals surface area contributed by atoms with Crippen molar-refractivity contribution in [2.75, 3.05) is 26.2 Å². The lowest BCUT2D eigenvalue weighted by molar-refractivity contribution is 0.155. The van der Waals surface area contributed by atoms with Gasteiger partial charge in [-0.15, -0.1) is 24.8 Å². The van der Waals surface area contributed by atoms with Crippen LogP contribution in [-0.4, -0.2) is 31.1 Å². The molecule has 2 rings (SSSR count). The van der Waals surface area contributed by atoms with Crippen molar-refractivity contribution in [1.29, 1.82) is 0 Å². The van der Waals surface area contributed by atoms with Crippen LogP contribution >= 0.6 is 24.8 Å². The molecular weight excluding hydrogens is 336 g/mol. The summed E-state index contributed by atoms with van der Waals surface area (Å²) in [6.07, 6.45) is 2.46. The SMILES string of the molecule is CCCC[C@H](c1c(F)ccc(F)c1F)N1CCNCC1.Cl.Cl. The molecule has 0 aromatic heterocycles. The molecular formula is C15H23Cl2F3N2. The fourth-order valence-corrected chi connectivity index (χ4v) is 2.75. The minimum Gasteiger partial charge on any atom is -0.314 e. The lowest BCUT2D eigenvalue weighted by Gasteiger charge is -2.35. The van der Waals surface area contributed by atoms with Crippen LogP contribution in [0.2, 0.25) is 0 Å². The van der Waals surface area contributed by atoms with E-state index in [9.17, 15) is 13.2 Å². The van der Waals surface area contributed by atoms with Gasteiger partial charge >= 0.3 is 0 Å². The van der Waals surface area contributed by atoms with Crippen LogP contribution in [0.5, 0.6) is 0 Å². The minimum absolute atomic E-state index is 0. The number of rotatable bonds is 5. The molecule has 1 fully saturated rings. The molecule has 1 aliphatic heterocycles.